The van der Waals surface area contributed by atoms with Crippen molar-refractivity contribution in [3.63, 3.8) is 0 Å². The number of rotatable bonds is 2. The van der Waals surface area contributed by atoms with Crippen molar-refractivity contribution in [1.82, 2.24) is 5.01 Å². The molecule has 0 amide bonds. The average Bonchev–Trinajstić information content (AvgIpc) is 2.83. The molecule has 3 atom stereocenters. The topological polar surface area (TPSA) is 47.7 Å². The van der Waals surface area contributed by atoms with Gasteiger partial charge in [0.25, 0.3) is 0 Å². The van der Waals surface area contributed by atoms with E-state index in [1.807, 2.05) is 0 Å². The molecule has 2 fully saturated rings. The van der Waals surface area contributed by atoms with E-state index < -0.39 is 5.79 Å². The van der Waals surface area contributed by atoms with Gasteiger partial charge >= 0.3 is 0 Å². The Morgan fingerprint density at radius 1 is 1.17 bits per heavy atom. The van der Waals surface area contributed by atoms with Crippen molar-refractivity contribution < 1.29 is 9.47 Å². The van der Waals surface area contributed by atoms with Crippen LogP contribution in [0, 0.1) is 5.92 Å². The summed E-state index contributed by atoms with van der Waals surface area (Å²) in [5.74, 6) is 6.30. The first-order valence-electron chi connectivity index (χ1n) is 7.17. The zero-order valence-corrected chi connectivity index (χ0v) is 12.5. The van der Waals surface area contributed by atoms with Gasteiger partial charge in [0.05, 0.1) is 13.2 Å². The maximum Gasteiger partial charge on any atom is 0.174 e. The summed E-state index contributed by atoms with van der Waals surface area (Å²) in [4.78, 5) is 0. The smallest absolute Gasteiger partial charge is 0.174 e. The molecule has 0 aromatic heterocycles. The van der Waals surface area contributed by atoms with Crippen LogP contribution in [0.1, 0.15) is 53.9 Å². The zero-order valence-electron chi connectivity index (χ0n) is 12.5. The van der Waals surface area contributed by atoms with Gasteiger partial charge in [0.1, 0.15) is 0 Å². The highest BCUT2D eigenvalue weighted by atomic mass is 16.7. The van der Waals surface area contributed by atoms with E-state index in [1.54, 1.807) is 0 Å². The average molecular weight is 256 g/mol. The molecule has 0 aromatic rings. The molecular weight excluding hydrogens is 228 g/mol. The third kappa shape index (κ3) is 1.73. The van der Waals surface area contributed by atoms with Gasteiger partial charge in [-0.3, -0.25) is 5.84 Å². The van der Waals surface area contributed by atoms with E-state index >= 15 is 0 Å². The third-order valence-electron chi connectivity index (χ3n) is 5.61. The number of hydrogen-bond acceptors (Lipinski definition) is 4. The fourth-order valence-corrected chi connectivity index (χ4v) is 3.66. The highest BCUT2D eigenvalue weighted by Gasteiger charge is 2.61. The van der Waals surface area contributed by atoms with E-state index in [-0.39, 0.29) is 17.0 Å². The van der Waals surface area contributed by atoms with Gasteiger partial charge in [0, 0.05) is 23.4 Å². The lowest BCUT2D eigenvalue weighted by Gasteiger charge is -2.61. The van der Waals surface area contributed by atoms with E-state index in [4.69, 9.17) is 15.3 Å². The van der Waals surface area contributed by atoms with Crippen molar-refractivity contribution in [2.45, 2.75) is 70.7 Å². The summed E-state index contributed by atoms with van der Waals surface area (Å²) in [6.45, 7) is 12.5. The standard InChI is InChI=1S/C14H28N2O2/c1-6-12(4)10-14(17-8-9-18-14)11(3)13(5,7-2)16(12)15/h11H,6-10,15H2,1-5H3. The Kier molecular flexibility index (Phi) is 3.52. The molecule has 18 heavy (non-hydrogen) atoms. The molecule has 1 spiro atoms. The molecule has 2 N–H and O–H groups in total. The highest BCUT2D eigenvalue weighted by molar-refractivity contribution is 5.09. The summed E-state index contributed by atoms with van der Waals surface area (Å²) in [5.41, 5.74) is -0.158. The fourth-order valence-electron chi connectivity index (χ4n) is 3.66. The van der Waals surface area contributed by atoms with Crippen molar-refractivity contribution in [3.05, 3.63) is 0 Å². The lowest BCUT2D eigenvalue weighted by molar-refractivity contribution is -0.281. The van der Waals surface area contributed by atoms with Crippen LogP contribution in [0.15, 0.2) is 0 Å². The molecule has 0 aromatic carbocycles. The summed E-state index contributed by atoms with van der Waals surface area (Å²) in [6, 6.07) is 0. The predicted octanol–water partition coefficient (Wildman–Crippen LogP) is 2.28. The van der Waals surface area contributed by atoms with Crippen LogP contribution in [-0.2, 0) is 9.47 Å². The van der Waals surface area contributed by atoms with Gasteiger partial charge in [-0.05, 0) is 26.7 Å². The second kappa shape index (κ2) is 4.44. The van der Waals surface area contributed by atoms with Crippen LogP contribution in [0.5, 0.6) is 0 Å². The van der Waals surface area contributed by atoms with Gasteiger partial charge in [-0.15, -0.1) is 0 Å². The quantitative estimate of drug-likeness (QED) is 0.770. The molecule has 4 heteroatoms. The third-order valence-corrected chi connectivity index (χ3v) is 5.61. The second-order valence-electron chi connectivity index (χ2n) is 6.34. The molecule has 2 aliphatic rings. The highest BCUT2D eigenvalue weighted by Crippen LogP contribution is 2.51. The van der Waals surface area contributed by atoms with Crippen molar-refractivity contribution in [2.75, 3.05) is 13.2 Å². The Labute approximate surface area is 111 Å². The number of ether oxygens (including phenoxy) is 2. The van der Waals surface area contributed by atoms with Crippen molar-refractivity contribution >= 4 is 0 Å². The Hall–Kier alpha value is -0.160. The minimum absolute atomic E-state index is 0.0678. The molecule has 2 heterocycles. The van der Waals surface area contributed by atoms with E-state index in [1.165, 1.54) is 0 Å². The maximum absolute atomic E-state index is 6.48. The van der Waals surface area contributed by atoms with E-state index in [0.29, 0.717) is 13.2 Å². The van der Waals surface area contributed by atoms with E-state index in [2.05, 4.69) is 39.6 Å². The van der Waals surface area contributed by atoms with Crippen LogP contribution in [-0.4, -0.2) is 35.1 Å². The van der Waals surface area contributed by atoms with Crippen LogP contribution in [0.2, 0.25) is 0 Å². The summed E-state index contributed by atoms with van der Waals surface area (Å²) >= 11 is 0. The van der Waals surface area contributed by atoms with Crippen LogP contribution >= 0.6 is 0 Å². The first-order valence-corrected chi connectivity index (χ1v) is 7.17. The molecule has 106 valence electrons. The number of nitrogens with two attached hydrogens (primary N) is 1. The van der Waals surface area contributed by atoms with Crippen LogP contribution in [0.3, 0.4) is 0 Å². The first-order chi connectivity index (χ1) is 8.34. The van der Waals surface area contributed by atoms with Gasteiger partial charge in [-0.1, -0.05) is 20.8 Å². The normalized spacial score (nSPS) is 44.7. The second-order valence-corrected chi connectivity index (χ2v) is 6.34. The molecule has 4 nitrogen and oxygen atoms in total. The van der Waals surface area contributed by atoms with Crippen LogP contribution < -0.4 is 5.84 Å². The molecule has 2 saturated heterocycles. The minimum Gasteiger partial charge on any atom is -0.347 e. The van der Waals surface area contributed by atoms with Crippen molar-refractivity contribution in [3.8, 4) is 0 Å². The minimum atomic E-state index is -0.439. The van der Waals surface area contributed by atoms with Gasteiger partial charge < -0.3 is 9.47 Å². The summed E-state index contributed by atoms with van der Waals surface area (Å²) < 4.78 is 12.1. The molecule has 2 aliphatic heterocycles. The van der Waals surface area contributed by atoms with Gasteiger partial charge in [-0.25, -0.2) is 5.01 Å². The number of piperidine rings is 1. The summed E-state index contributed by atoms with van der Waals surface area (Å²) in [6.07, 6.45) is 2.85. The lowest BCUT2D eigenvalue weighted by atomic mass is 9.67. The summed E-state index contributed by atoms with van der Waals surface area (Å²) in [7, 11) is 0. The largest absolute Gasteiger partial charge is 0.347 e. The Bertz CT molecular complexity index is 315. The molecule has 3 unspecified atom stereocenters. The molecular formula is C14H28N2O2. The molecule has 0 radical (unpaired) electrons. The van der Waals surface area contributed by atoms with E-state index in [0.717, 1.165) is 19.3 Å². The van der Waals surface area contributed by atoms with Crippen molar-refractivity contribution in [2.24, 2.45) is 11.8 Å². The fraction of sp³-hybridized carbons (Fsp3) is 1.00. The molecule has 0 aliphatic carbocycles. The zero-order chi connectivity index (χ0) is 13.6. The van der Waals surface area contributed by atoms with Crippen LogP contribution in [0.25, 0.3) is 0 Å². The van der Waals surface area contributed by atoms with Gasteiger partial charge in [-0.2, -0.15) is 0 Å². The number of hydrazine groups is 1. The van der Waals surface area contributed by atoms with Gasteiger partial charge in [0.15, 0.2) is 5.79 Å². The SMILES string of the molecule is CCC1(C)CC2(OCCO2)C(C)C(C)(CC)N1N. The maximum atomic E-state index is 6.48. The first kappa shape index (κ1) is 14.3. The van der Waals surface area contributed by atoms with Crippen LogP contribution in [0.4, 0.5) is 0 Å². The van der Waals surface area contributed by atoms with E-state index in [9.17, 15) is 0 Å². The Morgan fingerprint density at radius 3 is 2.17 bits per heavy atom. The Balaban J connectivity index is 2.42. The number of hydrogen-bond donors (Lipinski definition) is 1. The molecule has 2 rings (SSSR count). The van der Waals surface area contributed by atoms with Crippen molar-refractivity contribution in [1.29, 1.82) is 0 Å². The predicted molar refractivity (Wildman–Crippen MR) is 71.8 cm³/mol. The monoisotopic (exact) mass is 256 g/mol. The number of nitrogens with zero attached hydrogens (tertiary/aromatic N) is 1. The summed E-state index contributed by atoms with van der Waals surface area (Å²) in [5, 5.41) is 2.07. The molecule has 0 bridgehead atoms. The Morgan fingerprint density at radius 2 is 1.72 bits per heavy atom. The van der Waals surface area contributed by atoms with Gasteiger partial charge in [0.2, 0.25) is 0 Å². The molecule has 0 saturated carbocycles. The lowest BCUT2D eigenvalue weighted by Crippen LogP contribution is -2.74.